The lowest BCUT2D eigenvalue weighted by Gasteiger charge is -2.18. The van der Waals surface area contributed by atoms with E-state index in [2.05, 4.69) is 31.4 Å². The zero-order valence-corrected chi connectivity index (χ0v) is 14.9. The van der Waals surface area contributed by atoms with Crippen LogP contribution in [0.4, 0.5) is 5.69 Å². The van der Waals surface area contributed by atoms with Crippen LogP contribution in [0.15, 0.2) is 18.2 Å². The second-order valence-electron chi connectivity index (χ2n) is 5.41. The van der Waals surface area contributed by atoms with E-state index in [1.54, 1.807) is 14.2 Å². The summed E-state index contributed by atoms with van der Waals surface area (Å²) in [4.78, 5) is 0. The SMILES string of the molecule is COc1ccc(NC(=S)NCCSC(C)(C)C)cc1OC. The molecule has 0 radical (unpaired) electrons. The van der Waals surface area contributed by atoms with Gasteiger partial charge in [-0.2, -0.15) is 11.8 Å². The molecule has 0 bridgehead atoms. The number of hydrogen-bond donors (Lipinski definition) is 2. The highest BCUT2D eigenvalue weighted by molar-refractivity contribution is 8.00. The van der Waals surface area contributed by atoms with Crippen LogP contribution in [0, 0.1) is 0 Å². The van der Waals surface area contributed by atoms with Gasteiger partial charge < -0.3 is 20.1 Å². The van der Waals surface area contributed by atoms with Gasteiger partial charge in [-0.15, -0.1) is 0 Å². The number of hydrogen-bond acceptors (Lipinski definition) is 4. The van der Waals surface area contributed by atoms with E-state index in [9.17, 15) is 0 Å². The van der Waals surface area contributed by atoms with Gasteiger partial charge in [-0.05, 0) is 24.4 Å². The smallest absolute Gasteiger partial charge is 0.170 e. The normalized spacial score (nSPS) is 10.9. The van der Waals surface area contributed by atoms with E-state index in [0.29, 0.717) is 16.6 Å². The lowest BCUT2D eigenvalue weighted by molar-refractivity contribution is 0.355. The zero-order valence-electron chi connectivity index (χ0n) is 13.3. The Morgan fingerprint density at radius 1 is 1.19 bits per heavy atom. The molecule has 0 aliphatic heterocycles. The second-order valence-corrected chi connectivity index (χ2v) is 7.74. The molecule has 21 heavy (non-hydrogen) atoms. The molecular weight excluding hydrogens is 304 g/mol. The van der Waals surface area contributed by atoms with Gasteiger partial charge in [0.1, 0.15) is 0 Å². The van der Waals surface area contributed by atoms with Crippen LogP contribution in [0.3, 0.4) is 0 Å². The molecule has 0 aliphatic carbocycles. The summed E-state index contributed by atoms with van der Waals surface area (Å²) in [6.45, 7) is 7.45. The maximum atomic E-state index is 5.28. The van der Waals surface area contributed by atoms with Crippen molar-refractivity contribution in [3.05, 3.63) is 18.2 Å². The van der Waals surface area contributed by atoms with Crippen LogP contribution < -0.4 is 20.1 Å². The minimum atomic E-state index is 0.278. The van der Waals surface area contributed by atoms with Crippen molar-refractivity contribution >= 4 is 34.8 Å². The van der Waals surface area contributed by atoms with Crippen LogP contribution in [-0.4, -0.2) is 36.4 Å². The van der Waals surface area contributed by atoms with E-state index in [1.807, 2.05) is 30.0 Å². The monoisotopic (exact) mass is 328 g/mol. The predicted molar refractivity (Wildman–Crippen MR) is 96.0 cm³/mol. The zero-order chi connectivity index (χ0) is 15.9. The van der Waals surface area contributed by atoms with Crippen LogP contribution in [0.2, 0.25) is 0 Å². The van der Waals surface area contributed by atoms with Crippen molar-refractivity contribution in [3.63, 3.8) is 0 Å². The molecule has 0 heterocycles. The minimum absolute atomic E-state index is 0.278. The van der Waals surface area contributed by atoms with Crippen LogP contribution in [-0.2, 0) is 0 Å². The molecule has 1 aromatic carbocycles. The lowest BCUT2D eigenvalue weighted by atomic mass is 10.3. The Morgan fingerprint density at radius 3 is 2.43 bits per heavy atom. The summed E-state index contributed by atoms with van der Waals surface area (Å²) in [5, 5.41) is 6.95. The third-order valence-corrected chi connectivity index (χ3v) is 4.08. The van der Waals surface area contributed by atoms with E-state index >= 15 is 0 Å². The first-order valence-corrected chi connectivity index (χ1v) is 8.16. The fraction of sp³-hybridized carbons (Fsp3) is 0.533. The van der Waals surface area contributed by atoms with Crippen LogP contribution in [0.1, 0.15) is 20.8 Å². The number of anilines is 1. The minimum Gasteiger partial charge on any atom is -0.493 e. The highest BCUT2D eigenvalue weighted by Gasteiger charge is 2.10. The first kappa shape index (κ1) is 17.9. The largest absolute Gasteiger partial charge is 0.493 e. The summed E-state index contributed by atoms with van der Waals surface area (Å²) in [5.41, 5.74) is 0.869. The summed E-state index contributed by atoms with van der Waals surface area (Å²) in [5.74, 6) is 2.38. The van der Waals surface area contributed by atoms with E-state index in [1.165, 1.54) is 0 Å². The Morgan fingerprint density at radius 2 is 1.86 bits per heavy atom. The van der Waals surface area contributed by atoms with E-state index < -0.39 is 0 Å². The van der Waals surface area contributed by atoms with Crippen molar-refractivity contribution in [2.45, 2.75) is 25.5 Å². The lowest BCUT2D eigenvalue weighted by Crippen LogP contribution is -2.30. The highest BCUT2D eigenvalue weighted by atomic mass is 32.2. The quantitative estimate of drug-likeness (QED) is 0.615. The fourth-order valence-electron chi connectivity index (χ4n) is 1.61. The standard InChI is InChI=1S/C15H24N2O2S2/c1-15(2,3)21-9-8-16-14(20)17-11-6-7-12(18-4)13(10-11)19-5/h6-7,10H,8-9H2,1-5H3,(H2,16,17,20). The molecule has 0 saturated carbocycles. The number of ether oxygens (including phenoxy) is 2. The molecule has 0 atom stereocenters. The maximum Gasteiger partial charge on any atom is 0.170 e. The summed E-state index contributed by atoms with van der Waals surface area (Å²) in [7, 11) is 3.23. The number of thiocarbonyl (C=S) groups is 1. The molecule has 0 aromatic heterocycles. The molecule has 4 nitrogen and oxygen atoms in total. The summed E-state index contributed by atoms with van der Waals surface area (Å²) >= 11 is 7.19. The van der Waals surface area contributed by atoms with Crippen LogP contribution >= 0.6 is 24.0 Å². The fourth-order valence-corrected chi connectivity index (χ4v) is 2.65. The van der Waals surface area contributed by atoms with Gasteiger partial charge in [0.25, 0.3) is 0 Å². The van der Waals surface area contributed by atoms with Gasteiger partial charge >= 0.3 is 0 Å². The Labute approximate surface area is 137 Å². The Hall–Kier alpha value is -1.14. The number of methoxy groups -OCH3 is 2. The third-order valence-electron chi connectivity index (χ3n) is 2.56. The molecular formula is C15H24N2O2S2. The van der Waals surface area contributed by atoms with Crippen molar-refractivity contribution < 1.29 is 9.47 Å². The molecule has 2 N–H and O–H groups in total. The average molecular weight is 329 g/mol. The molecule has 0 aliphatic rings. The molecule has 6 heteroatoms. The number of thioether (sulfide) groups is 1. The summed E-state index contributed by atoms with van der Waals surface area (Å²) in [6, 6.07) is 5.61. The Kier molecular flexibility index (Phi) is 7.11. The Bertz CT molecular complexity index is 473. The first-order chi connectivity index (χ1) is 9.85. The molecule has 0 amide bonds. The van der Waals surface area contributed by atoms with Crippen molar-refractivity contribution in [2.24, 2.45) is 0 Å². The van der Waals surface area contributed by atoms with Crippen molar-refractivity contribution in [1.82, 2.24) is 5.32 Å². The van der Waals surface area contributed by atoms with E-state index in [4.69, 9.17) is 21.7 Å². The van der Waals surface area contributed by atoms with Crippen molar-refractivity contribution in [1.29, 1.82) is 0 Å². The van der Waals surface area contributed by atoms with Crippen molar-refractivity contribution in [2.75, 3.05) is 31.8 Å². The average Bonchev–Trinajstić information content (AvgIpc) is 2.42. The van der Waals surface area contributed by atoms with Gasteiger partial charge in [-0.25, -0.2) is 0 Å². The second kappa shape index (κ2) is 8.34. The maximum absolute atomic E-state index is 5.28. The first-order valence-electron chi connectivity index (χ1n) is 6.76. The van der Waals surface area contributed by atoms with Crippen molar-refractivity contribution in [3.8, 4) is 11.5 Å². The highest BCUT2D eigenvalue weighted by Crippen LogP contribution is 2.29. The van der Waals surface area contributed by atoms with Crippen LogP contribution in [0.25, 0.3) is 0 Å². The van der Waals surface area contributed by atoms with Gasteiger partial charge in [-0.1, -0.05) is 20.8 Å². The molecule has 1 aromatic rings. The molecule has 0 saturated heterocycles. The third kappa shape index (κ3) is 6.91. The van der Waals surface area contributed by atoms with E-state index in [-0.39, 0.29) is 4.75 Å². The molecule has 0 unspecified atom stereocenters. The molecule has 0 spiro atoms. The topological polar surface area (TPSA) is 42.5 Å². The van der Waals surface area contributed by atoms with Gasteiger partial charge in [0.05, 0.1) is 14.2 Å². The molecule has 118 valence electrons. The van der Waals surface area contributed by atoms with Crippen LogP contribution in [0.5, 0.6) is 11.5 Å². The Balaban J connectivity index is 2.44. The summed E-state index contributed by atoms with van der Waals surface area (Å²) in [6.07, 6.45) is 0. The van der Waals surface area contributed by atoms with E-state index in [0.717, 1.165) is 18.0 Å². The number of benzene rings is 1. The number of rotatable bonds is 6. The number of nitrogens with one attached hydrogen (secondary N) is 2. The van der Waals surface area contributed by atoms with Gasteiger partial charge in [-0.3, -0.25) is 0 Å². The summed E-state index contributed by atoms with van der Waals surface area (Å²) < 4.78 is 10.7. The van der Waals surface area contributed by atoms with Gasteiger partial charge in [0, 0.05) is 28.8 Å². The molecule has 0 fully saturated rings. The van der Waals surface area contributed by atoms with Gasteiger partial charge in [0.15, 0.2) is 16.6 Å². The van der Waals surface area contributed by atoms with Gasteiger partial charge in [0.2, 0.25) is 0 Å². The molecule has 1 rings (SSSR count). The predicted octanol–water partition coefficient (Wildman–Crippen LogP) is 3.52.